The van der Waals surface area contributed by atoms with E-state index in [1.165, 1.54) is 6.07 Å². The van der Waals surface area contributed by atoms with Crippen LogP contribution in [-0.4, -0.2) is 71.9 Å². The molecule has 2 heterocycles. The number of ether oxygens (including phenoxy) is 1. The summed E-state index contributed by atoms with van der Waals surface area (Å²) < 4.78 is 11.2. The molecule has 0 saturated carbocycles. The standard InChI is InChI=1S/C21H20O11/c22-6-14-17(28)18(29)19(30)21(32-14)16-11(26)4-10(25)15-12(27)5-13(31-20(15)16)7-1-2-8(23)9(24)3-7/h1-5,14,17-19,21-26,28-30H,6H2/t14-,17+,18+,19-,21-/m0/s1. The zero-order chi connectivity index (χ0) is 23.3. The zero-order valence-corrected chi connectivity index (χ0v) is 16.3. The van der Waals surface area contributed by atoms with Crippen LogP contribution in [0.4, 0.5) is 0 Å². The van der Waals surface area contributed by atoms with Gasteiger partial charge < -0.3 is 50.0 Å². The summed E-state index contributed by atoms with van der Waals surface area (Å²) in [5.74, 6) is -2.28. The van der Waals surface area contributed by atoms with Gasteiger partial charge in [0, 0.05) is 17.7 Å². The molecule has 0 unspecified atom stereocenters. The van der Waals surface area contributed by atoms with Gasteiger partial charge in [0.05, 0.1) is 12.2 Å². The molecule has 0 aliphatic carbocycles. The molecule has 0 bridgehead atoms. The molecule has 0 amide bonds. The Morgan fingerprint density at radius 3 is 2.19 bits per heavy atom. The Labute approximate surface area is 179 Å². The molecule has 8 N–H and O–H groups in total. The molecule has 170 valence electrons. The van der Waals surface area contributed by atoms with Crippen molar-refractivity contribution >= 4 is 11.0 Å². The highest BCUT2D eigenvalue weighted by Gasteiger charge is 2.46. The van der Waals surface area contributed by atoms with Crippen molar-refractivity contribution in [1.82, 2.24) is 0 Å². The van der Waals surface area contributed by atoms with Gasteiger partial charge in [0.2, 0.25) is 0 Å². The number of aliphatic hydroxyl groups excluding tert-OH is 4. The number of phenols is 4. The number of aromatic hydroxyl groups is 4. The molecular formula is C21H20O11. The Morgan fingerprint density at radius 2 is 1.53 bits per heavy atom. The van der Waals surface area contributed by atoms with Crippen molar-refractivity contribution in [3.63, 3.8) is 0 Å². The number of fused-ring (bicyclic) bond motifs is 1. The maximum Gasteiger partial charge on any atom is 0.197 e. The molecule has 0 spiro atoms. The lowest BCUT2D eigenvalue weighted by Gasteiger charge is -2.40. The third-order valence-electron chi connectivity index (χ3n) is 5.43. The molecule has 1 aliphatic heterocycles. The fourth-order valence-electron chi connectivity index (χ4n) is 3.76. The van der Waals surface area contributed by atoms with Crippen LogP contribution in [-0.2, 0) is 4.74 Å². The molecule has 4 rings (SSSR count). The molecule has 1 fully saturated rings. The third kappa shape index (κ3) is 3.42. The van der Waals surface area contributed by atoms with Gasteiger partial charge in [0.25, 0.3) is 0 Å². The quantitative estimate of drug-likeness (QED) is 0.247. The van der Waals surface area contributed by atoms with Crippen LogP contribution in [0, 0.1) is 0 Å². The SMILES string of the molecule is O=c1cc(-c2ccc(O)c(O)c2)oc2c([C@@H]3O[C@@H](CO)[C@@H](O)[C@@H](O)[C@@H]3O)c(O)cc(O)c12. The molecule has 5 atom stereocenters. The maximum atomic E-state index is 12.8. The first kappa shape index (κ1) is 21.9. The van der Waals surface area contributed by atoms with Gasteiger partial charge in [0.1, 0.15) is 53.2 Å². The molecule has 11 heteroatoms. The highest BCUT2D eigenvalue weighted by Crippen LogP contribution is 2.44. The van der Waals surface area contributed by atoms with Gasteiger partial charge in [-0.2, -0.15) is 0 Å². The lowest BCUT2D eigenvalue weighted by atomic mass is 9.89. The van der Waals surface area contributed by atoms with Crippen LogP contribution in [0.2, 0.25) is 0 Å². The monoisotopic (exact) mass is 448 g/mol. The van der Waals surface area contributed by atoms with E-state index in [9.17, 15) is 45.6 Å². The number of rotatable bonds is 3. The van der Waals surface area contributed by atoms with E-state index in [4.69, 9.17) is 9.15 Å². The lowest BCUT2D eigenvalue weighted by Crippen LogP contribution is -2.55. The number of phenolic OH excluding ortho intramolecular Hbond substituents is 4. The van der Waals surface area contributed by atoms with E-state index in [0.717, 1.165) is 24.3 Å². The average molecular weight is 448 g/mol. The average Bonchev–Trinajstić information content (AvgIpc) is 2.74. The van der Waals surface area contributed by atoms with Crippen molar-refractivity contribution < 1.29 is 50.0 Å². The van der Waals surface area contributed by atoms with Crippen LogP contribution in [0.25, 0.3) is 22.3 Å². The van der Waals surface area contributed by atoms with E-state index >= 15 is 0 Å². The van der Waals surface area contributed by atoms with Crippen LogP contribution in [0.1, 0.15) is 11.7 Å². The molecule has 0 radical (unpaired) electrons. The highest BCUT2D eigenvalue weighted by molar-refractivity contribution is 5.89. The largest absolute Gasteiger partial charge is 0.507 e. The second-order valence-electron chi connectivity index (χ2n) is 7.46. The third-order valence-corrected chi connectivity index (χ3v) is 5.43. The topological polar surface area (TPSA) is 201 Å². The van der Waals surface area contributed by atoms with Gasteiger partial charge in [-0.1, -0.05) is 0 Å². The van der Waals surface area contributed by atoms with Gasteiger partial charge in [-0.3, -0.25) is 4.79 Å². The molecule has 1 aliphatic rings. The Balaban J connectivity index is 1.97. The predicted molar refractivity (Wildman–Crippen MR) is 107 cm³/mol. The van der Waals surface area contributed by atoms with Gasteiger partial charge >= 0.3 is 0 Å². The van der Waals surface area contributed by atoms with Gasteiger partial charge in [-0.25, -0.2) is 0 Å². The van der Waals surface area contributed by atoms with E-state index in [0.29, 0.717) is 0 Å². The summed E-state index contributed by atoms with van der Waals surface area (Å²) in [4.78, 5) is 12.8. The van der Waals surface area contributed by atoms with Crippen LogP contribution < -0.4 is 5.43 Å². The second kappa shape index (κ2) is 7.97. The van der Waals surface area contributed by atoms with E-state index < -0.39 is 65.6 Å². The Bertz CT molecular complexity index is 1230. The summed E-state index contributed by atoms with van der Waals surface area (Å²) in [6, 6.07) is 5.47. The first-order valence-electron chi connectivity index (χ1n) is 9.49. The summed E-state index contributed by atoms with van der Waals surface area (Å²) in [5, 5.41) is 79.7. The fraction of sp³-hybridized carbons (Fsp3) is 0.286. The predicted octanol–water partition coefficient (Wildman–Crippen LogP) is -0.203. The van der Waals surface area contributed by atoms with E-state index in [1.54, 1.807) is 0 Å². The number of hydrogen-bond donors (Lipinski definition) is 8. The summed E-state index contributed by atoms with van der Waals surface area (Å²) in [6.45, 7) is -0.722. The highest BCUT2D eigenvalue weighted by atomic mass is 16.5. The summed E-state index contributed by atoms with van der Waals surface area (Å²) in [7, 11) is 0. The number of benzene rings is 2. The van der Waals surface area contributed by atoms with E-state index in [-0.39, 0.29) is 27.9 Å². The van der Waals surface area contributed by atoms with Crippen molar-refractivity contribution in [2.24, 2.45) is 0 Å². The molecule has 32 heavy (non-hydrogen) atoms. The molecule has 1 aromatic heterocycles. The zero-order valence-electron chi connectivity index (χ0n) is 16.3. The Hall–Kier alpha value is -3.35. The van der Waals surface area contributed by atoms with Crippen LogP contribution in [0.5, 0.6) is 23.0 Å². The van der Waals surface area contributed by atoms with Crippen molar-refractivity contribution in [2.75, 3.05) is 6.61 Å². The second-order valence-corrected chi connectivity index (χ2v) is 7.46. The smallest absolute Gasteiger partial charge is 0.197 e. The Kier molecular flexibility index (Phi) is 5.44. The van der Waals surface area contributed by atoms with Crippen molar-refractivity contribution in [1.29, 1.82) is 0 Å². The molecule has 1 saturated heterocycles. The minimum atomic E-state index is -1.79. The van der Waals surface area contributed by atoms with Crippen LogP contribution in [0.3, 0.4) is 0 Å². The first-order chi connectivity index (χ1) is 15.1. The van der Waals surface area contributed by atoms with Crippen LogP contribution >= 0.6 is 0 Å². The van der Waals surface area contributed by atoms with Gasteiger partial charge in [-0.15, -0.1) is 0 Å². The molecule has 3 aromatic rings. The number of hydrogen-bond acceptors (Lipinski definition) is 11. The Morgan fingerprint density at radius 1 is 0.812 bits per heavy atom. The fourth-order valence-corrected chi connectivity index (χ4v) is 3.76. The van der Waals surface area contributed by atoms with Gasteiger partial charge in [0.15, 0.2) is 22.5 Å². The van der Waals surface area contributed by atoms with E-state index in [2.05, 4.69) is 0 Å². The lowest BCUT2D eigenvalue weighted by molar-refractivity contribution is -0.231. The minimum absolute atomic E-state index is 0.117. The van der Waals surface area contributed by atoms with E-state index in [1.807, 2.05) is 0 Å². The van der Waals surface area contributed by atoms with Crippen LogP contribution in [0.15, 0.2) is 39.5 Å². The molecule has 2 aromatic carbocycles. The van der Waals surface area contributed by atoms with Crippen molar-refractivity contribution in [3.8, 4) is 34.3 Å². The molecular weight excluding hydrogens is 428 g/mol. The first-order valence-corrected chi connectivity index (χ1v) is 9.49. The van der Waals surface area contributed by atoms with Crippen molar-refractivity contribution in [2.45, 2.75) is 30.5 Å². The number of aliphatic hydroxyl groups is 4. The minimum Gasteiger partial charge on any atom is -0.507 e. The normalized spacial score (nSPS) is 25.8. The maximum absolute atomic E-state index is 12.8. The molecule has 11 nitrogen and oxygen atoms in total. The summed E-state index contributed by atoms with van der Waals surface area (Å²) in [6.07, 6.45) is -8.07. The van der Waals surface area contributed by atoms with Gasteiger partial charge in [-0.05, 0) is 18.2 Å². The summed E-state index contributed by atoms with van der Waals surface area (Å²) in [5.41, 5.74) is -1.27. The summed E-state index contributed by atoms with van der Waals surface area (Å²) >= 11 is 0. The van der Waals surface area contributed by atoms with Crippen molar-refractivity contribution in [3.05, 3.63) is 46.1 Å².